The van der Waals surface area contributed by atoms with Gasteiger partial charge < -0.3 is 10.2 Å². The van der Waals surface area contributed by atoms with Crippen LogP contribution in [0.15, 0.2) is 108 Å². The number of nitrogens with one attached hydrogen (secondary N) is 2. The maximum Gasteiger partial charge on any atom is 2.00 e. The van der Waals surface area contributed by atoms with E-state index in [1.54, 1.807) is 60.9 Å². The van der Waals surface area contributed by atoms with Crippen LogP contribution < -0.4 is 21.1 Å². The van der Waals surface area contributed by atoms with Crippen molar-refractivity contribution in [3.8, 4) is 11.5 Å². The first-order valence-corrected chi connectivity index (χ1v) is 9.64. The van der Waals surface area contributed by atoms with Gasteiger partial charge in [-0.05, 0) is 35.4 Å². The van der Waals surface area contributed by atoms with Gasteiger partial charge in [0.2, 0.25) is 0 Å². The molecule has 0 aliphatic carbocycles. The van der Waals surface area contributed by atoms with E-state index in [0.29, 0.717) is 22.8 Å². The summed E-state index contributed by atoms with van der Waals surface area (Å²) in [6.07, 6.45) is 6.30. The number of hydrazone groups is 2. The second-order valence-electron chi connectivity index (χ2n) is 6.25. The van der Waals surface area contributed by atoms with Crippen LogP contribution in [0.1, 0.15) is 11.1 Å². The number of nitrogens with zero attached hydrogens (tertiary/aromatic N) is 4. The largest absolute Gasteiger partial charge is 2.00 e. The number of para-hydroxylation sites is 2. The minimum absolute atomic E-state index is 0. The van der Waals surface area contributed by atoms with Gasteiger partial charge in [-0.2, -0.15) is 10.2 Å². The van der Waals surface area contributed by atoms with Crippen molar-refractivity contribution in [3.05, 3.63) is 108 Å². The van der Waals surface area contributed by atoms with Crippen molar-refractivity contribution in [3.63, 3.8) is 0 Å². The molecule has 1 radical (unpaired) electrons. The quantitative estimate of drug-likeness (QED) is 0.321. The summed E-state index contributed by atoms with van der Waals surface area (Å²) in [5.41, 5.74) is 6.57. The number of aromatic nitrogens is 2. The molecule has 0 fully saturated rings. The third kappa shape index (κ3) is 8.81. The monoisotopic (exact) mass is 483 g/mol. The number of anilines is 2. The predicted octanol–water partition coefficient (Wildman–Crippen LogP) is 3.20. The molecule has 0 saturated heterocycles. The summed E-state index contributed by atoms with van der Waals surface area (Å²) in [6.45, 7) is 0. The first kappa shape index (κ1) is 25.1. The normalized spacial score (nSPS) is 10.2. The van der Waals surface area contributed by atoms with Crippen LogP contribution in [0, 0.1) is 0 Å². The molecule has 9 heteroatoms. The molecule has 0 aliphatic rings. The van der Waals surface area contributed by atoms with Crippen LogP contribution in [0.5, 0.6) is 11.5 Å². The Morgan fingerprint density at radius 2 is 0.970 bits per heavy atom. The van der Waals surface area contributed by atoms with Gasteiger partial charge in [-0.15, -0.1) is 0 Å². The van der Waals surface area contributed by atoms with Crippen molar-refractivity contribution in [2.45, 2.75) is 0 Å². The number of hydrogen-bond acceptors (Lipinski definition) is 8. The zero-order chi connectivity index (χ0) is 22.4. The van der Waals surface area contributed by atoms with Gasteiger partial charge in [0.05, 0.1) is 12.4 Å². The molecule has 0 unspecified atom stereocenters. The van der Waals surface area contributed by atoms with Crippen LogP contribution in [0.2, 0.25) is 0 Å². The van der Waals surface area contributed by atoms with Gasteiger partial charge in [0.1, 0.15) is 11.6 Å². The van der Waals surface area contributed by atoms with Crippen LogP contribution in [0.3, 0.4) is 0 Å². The van der Waals surface area contributed by atoms with Crippen molar-refractivity contribution in [2.75, 3.05) is 10.9 Å². The molecule has 0 bridgehead atoms. The fourth-order valence-corrected chi connectivity index (χ4v) is 2.37. The summed E-state index contributed by atoms with van der Waals surface area (Å²) in [6, 6.07) is 24.4. The van der Waals surface area contributed by atoms with E-state index in [1.807, 2.05) is 24.3 Å². The average molecular weight is 483 g/mol. The van der Waals surface area contributed by atoms with E-state index in [-0.39, 0.29) is 28.3 Å². The smallest absolute Gasteiger partial charge is 0.872 e. The number of rotatable bonds is 6. The second-order valence-corrected chi connectivity index (χ2v) is 6.25. The summed E-state index contributed by atoms with van der Waals surface area (Å²) in [4.78, 5) is 8.06. The van der Waals surface area contributed by atoms with Crippen molar-refractivity contribution in [1.82, 2.24) is 9.97 Å². The molecule has 0 aliphatic heterocycles. The summed E-state index contributed by atoms with van der Waals surface area (Å²) >= 11 is 0. The van der Waals surface area contributed by atoms with Gasteiger partial charge in [0.15, 0.2) is 0 Å². The van der Waals surface area contributed by atoms with Gasteiger partial charge in [-0.25, -0.2) is 9.97 Å². The number of hydrogen-bond donors (Lipinski definition) is 2. The maximum absolute atomic E-state index is 11.3. The summed E-state index contributed by atoms with van der Waals surface area (Å²) in [7, 11) is 0. The standard InChI is InChI=1S/2C12H11N3O.Co/c2*16-11-6-2-1-5-10(11)9-14-15-12-7-3-4-8-13-12;/h2*1-9,16H,(H,13,15);/q;;+2/p-2/b2*14-9+;. The molecule has 2 aromatic carbocycles. The minimum atomic E-state index is -0.0472. The molecule has 0 spiro atoms. The van der Waals surface area contributed by atoms with Gasteiger partial charge in [0, 0.05) is 12.4 Å². The Labute approximate surface area is 202 Å². The minimum Gasteiger partial charge on any atom is -0.872 e. The Morgan fingerprint density at radius 1 is 0.576 bits per heavy atom. The molecule has 4 rings (SSSR count). The van der Waals surface area contributed by atoms with Crippen LogP contribution >= 0.6 is 0 Å². The topological polar surface area (TPSA) is 121 Å². The Hall–Kier alpha value is -4.21. The van der Waals surface area contributed by atoms with E-state index in [0.717, 1.165) is 0 Å². The first-order valence-electron chi connectivity index (χ1n) is 9.64. The molecule has 33 heavy (non-hydrogen) atoms. The van der Waals surface area contributed by atoms with Crippen LogP contribution in [0.4, 0.5) is 11.6 Å². The molecule has 0 saturated carbocycles. The Bertz CT molecular complexity index is 1060. The van der Waals surface area contributed by atoms with Crippen LogP contribution in [-0.4, -0.2) is 22.4 Å². The van der Waals surface area contributed by atoms with E-state index in [2.05, 4.69) is 31.0 Å². The van der Waals surface area contributed by atoms with E-state index >= 15 is 0 Å². The molecule has 0 amide bonds. The molecule has 0 atom stereocenters. The zero-order valence-electron chi connectivity index (χ0n) is 17.3. The van der Waals surface area contributed by atoms with Crippen molar-refractivity contribution < 1.29 is 27.0 Å². The molecule has 2 heterocycles. The molecule has 4 aromatic rings. The molecule has 2 N–H and O–H groups in total. The summed E-state index contributed by atoms with van der Waals surface area (Å²) in [5, 5.41) is 30.5. The van der Waals surface area contributed by atoms with Crippen molar-refractivity contribution in [2.24, 2.45) is 10.2 Å². The summed E-state index contributed by atoms with van der Waals surface area (Å²) in [5.74, 6) is 1.19. The van der Waals surface area contributed by atoms with Crippen molar-refractivity contribution in [1.29, 1.82) is 0 Å². The first-order chi connectivity index (χ1) is 15.7. The Balaban J connectivity index is 0.000000227. The van der Waals surface area contributed by atoms with Crippen LogP contribution in [-0.2, 0) is 16.8 Å². The van der Waals surface area contributed by atoms with E-state index in [4.69, 9.17) is 0 Å². The molecular formula is C24H20CoN6O2. The average Bonchev–Trinajstić information content (AvgIpc) is 2.83. The van der Waals surface area contributed by atoms with Crippen LogP contribution in [0.25, 0.3) is 0 Å². The fourth-order valence-electron chi connectivity index (χ4n) is 2.37. The molecule has 8 nitrogen and oxygen atoms in total. The molecule has 2 aromatic heterocycles. The molecule has 167 valence electrons. The fraction of sp³-hybridized carbons (Fsp3) is 0. The Morgan fingerprint density at radius 3 is 1.33 bits per heavy atom. The van der Waals surface area contributed by atoms with Gasteiger partial charge in [-0.3, -0.25) is 10.9 Å². The van der Waals surface area contributed by atoms with E-state index in [9.17, 15) is 10.2 Å². The van der Waals surface area contributed by atoms with Gasteiger partial charge in [0.25, 0.3) is 0 Å². The third-order valence-corrected chi connectivity index (χ3v) is 3.93. The third-order valence-electron chi connectivity index (χ3n) is 3.93. The zero-order valence-corrected chi connectivity index (χ0v) is 18.4. The van der Waals surface area contributed by atoms with E-state index in [1.165, 1.54) is 24.6 Å². The SMILES string of the molecule is [Co+2].[O-]c1ccccc1/C=N/Nc1ccccn1.[O-]c1ccccc1/C=N/Nc1ccccn1. The molecular weight excluding hydrogens is 463 g/mol. The Kier molecular flexibility index (Phi) is 10.6. The maximum atomic E-state index is 11.3. The van der Waals surface area contributed by atoms with Gasteiger partial charge >= 0.3 is 16.8 Å². The number of pyridine rings is 2. The van der Waals surface area contributed by atoms with Gasteiger partial charge in [-0.1, -0.05) is 72.2 Å². The number of benzene rings is 2. The predicted molar refractivity (Wildman–Crippen MR) is 123 cm³/mol. The summed E-state index contributed by atoms with van der Waals surface area (Å²) < 4.78 is 0. The second kappa shape index (κ2) is 14.0. The van der Waals surface area contributed by atoms with Crippen molar-refractivity contribution >= 4 is 24.1 Å². The van der Waals surface area contributed by atoms with E-state index < -0.39 is 0 Å².